The lowest BCUT2D eigenvalue weighted by Gasteiger charge is -1.83. The molecule has 1 heteroatoms. The Balaban J connectivity index is 1.97. The van der Waals surface area contributed by atoms with Gasteiger partial charge in [0.25, 0.3) is 0 Å². The van der Waals surface area contributed by atoms with E-state index in [2.05, 4.69) is 0 Å². The molecular formula is C9H12O. The molecule has 0 unspecified atom stereocenters. The number of fused-ring (bicyclic) bond motifs is 1. The average Bonchev–Trinajstić information content (AvgIpc) is 2.59. The third-order valence-corrected chi connectivity index (χ3v) is 4.00. The SMILES string of the molecule is CC(=O)C1C2(CC2)C12CC2. The Morgan fingerprint density at radius 1 is 1.20 bits per heavy atom. The van der Waals surface area contributed by atoms with Crippen LogP contribution in [-0.4, -0.2) is 5.78 Å². The largest absolute Gasteiger partial charge is 0.300 e. The van der Waals surface area contributed by atoms with Gasteiger partial charge in [0.15, 0.2) is 0 Å². The van der Waals surface area contributed by atoms with Gasteiger partial charge in [-0.05, 0) is 43.4 Å². The highest BCUT2D eigenvalue weighted by molar-refractivity contribution is 5.86. The molecule has 3 aliphatic rings. The Morgan fingerprint density at radius 3 is 1.70 bits per heavy atom. The molecular weight excluding hydrogens is 124 g/mol. The predicted molar refractivity (Wildman–Crippen MR) is 37.5 cm³/mol. The smallest absolute Gasteiger partial charge is 0.134 e. The number of rotatable bonds is 1. The van der Waals surface area contributed by atoms with Crippen molar-refractivity contribution in [1.29, 1.82) is 0 Å². The lowest BCUT2D eigenvalue weighted by atomic mass is 10.2. The third kappa shape index (κ3) is 0.320. The standard InChI is InChI=1S/C9H12O/c1-6(10)7-8(2-3-8)9(7)4-5-9/h7H,2-5H2,1H3. The molecule has 0 aromatic carbocycles. The topological polar surface area (TPSA) is 17.1 Å². The first-order chi connectivity index (χ1) is 4.73. The zero-order chi connectivity index (χ0) is 6.98. The molecule has 10 heavy (non-hydrogen) atoms. The van der Waals surface area contributed by atoms with Gasteiger partial charge >= 0.3 is 0 Å². The summed E-state index contributed by atoms with van der Waals surface area (Å²) >= 11 is 0. The lowest BCUT2D eigenvalue weighted by Crippen LogP contribution is -1.95. The van der Waals surface area contributed by atoms with Gasteiger partial charge in [0.2, 0.25) is 0 Å². The fourth-order valence-electron chi connectivity index (χ4n) is 3.36. The molecule has 0 radical (unpaired) electrons. The molecule has 0 atom stereocenters. The summed E-state index contributed by atoms with van der Waals surface area (Å²) in [5, 5.41) is 0. The van der Waals surface area contributed by atoms with Crippen LogP contribution >= 0.6 is 0 Å². The summed E-state index contributed by atoms with van der Waals surface area (Å²) in [6, 6.07) is 0. The summed E-state index contributed by atoms with van der Waals surface area (Å²) in [4.78, 5) is 11.1. The molecule has 3 rings (SSSR count). The van der Waals surface area contributed by atoms with Crippen LogP contribution in [0.25, 0.3) is 0 Å². The third-order valence-electron chi connectivity index (χ3n) is 4.00. The van der Waals surface area contributed by atoms with Gasteiger partial charge in [0.1, 0.15) is 5.78 Å². The van der Waals surface area contributed by atoms with Crippen molar-refractivity contribution < 1.29 is 4.79 Å². The predicted octanol–water partition coefficient (Wildman–Crippen LogP) is 1.77. The lowest BCUT2D eigenvalue weighted by molar-refractivity contribution is -0.118. The Morgan fingerprint density at radius 2 is 1.60 bits per heavy atom. The molecule has 0 N–H and O–H groups in total. The molecule has 0 aromatic heterocycles. The number of carbonyl (C=O) groups excluding carboxylic acids is 1. The van der Waals surface area contributed by atoms with Crippen LogP contribution in [-0.2, 0) is 4.79 Å². The Hall–Kier alpha value is -0.330. The van der Waals surface area contributed by atoms with Crippen molar-refractivity contribution in [2.75, 3.05) is 0 Å². The zero-order valence-electron chi connectivity index (χ0n) is 6.31. The molecule has 0 amide bonds. The monoisotopic (exact) mass is 136 g/mol. The fourth-order valence-corrected chi connectivity index (χ4v) is 3.36. The van der Waals surface area contributed by atoms with Crippen LogP contribution in [0.4, 0.5) is 0 Å². The van der Waals surface area contributed by atoms with Gasteiger partial charge in [0, 0.05) is 5.92 Å². The van der Waals surface area contributed by atoms with Gasteiger partial charge in [-0.1, -0.05) is 0 Å². The maximum atomic E-state index is 11.1. The summed E-state index contributed by atoms with van der Waals surface area (Å²) in [5.41, 5.74) is 1.19. The minimum absolute atomic E-state index is 0.468. The van der Waals surface area contributed by atoms with Crippen LogP contribution < -0.4 is 0 Å². The first-order valence-electron chi connectivity index (χ1n) is 4.23. The van der Waals surface area contributed by atoms with Crippen molar-refractivity contribution in [2.24, 2.45) is 16.7 Å². The van der Waals surface area contributed by atoms with E-state index in [-0.39, 0.29) is 0 Å². The summed E-state index contributed by atoms with van der Waals surface area (Å²) in [6.45, 7) is 1.78. The highest BCUT2D eigenvalue weighted by Gasteiger charge is 2.87. The van der Waals surface area contributed by atoms with Crippen LogP contribution in [0.2, 0.25) is 0 Å². The first kappa shape index (κ1) is 5.34. The Labute approximate surface area is 60.8 Å². The van der Waals surface area contributed by atoms with Crippen LogP contribution in [0.1, 0.15) is 32.6 Å². The molecule has 0 saturated heterocycles. The molecule has 3 fully saturated rings. The second kappa shape index (κ2) is 1.09. The minimum Gasteiger partial charge on any atom is -0.300 e. The number of ketones is 1. The molecule has 0 aromatic rings. The zero-order valence-corrected chi connectivity index (χ0v) is 6.31. The van der Waals surface area contributed by atoms with E-state index in [9.17, 15) is 4.79 Å². The van der Waals surface area contributed by atoms with E-state index in [0.717, 1.165) is 0 Å². The Bertz CT molecular complexity index is 203. The Kier molecular flexibility index (Phi) is 0.580. The molecule has 3 aliphatic carbocycles. The molecule has 0 heterocycles. The minimum atomic E-state index is 0.468. The van der Waals surface area contributed by atoms with E-state index in [0.29, 0.717) is 22.5 Å². The van der Waals surface area contributed by atoms with Crippen LogP contribution in [0.5, 0.6) is 0 Å². The van der Waals surface area contributed by atoms with Crippen molar-refractivity contribution in [3.8, 4) is 0 Å². The van der Waals surface area contributed by atoms with Gasteiger partial charge in [-0.2, -0.15) is 0 Å². The molecule has 2 spiro atoms. The van der Waals surface area contributed by atoms with E-state index in [1.54, 1.807) is 6.92 Å². The summed E-state index contributed by atoms with van der Waals surface area (Å²) in [6.07, 6.45) is 5.43. The first-order valence-corrected chi connectivity index (χ1v) is 4.23. The maximum Gasteiger partial charge on any atom is 0.134 e. The van der Waals surface area contributed by atoms with Crippen molar-refractivity contribution in [2.45, 2.75) is 32.6 Å². The van der Waals surface area contributed by atoms with Crippen LogP contribution in [0, 0.1) is 16.7 Å². The second-order valence-electron chi connectivity index (χ2n) is 4.36. The molecule has 0 bridgehead atoms. The normalized spacial score (nSPS) is 41.9. The van der Waals surface area contributed by atoms with E-state index in [4.69, 9.17) is 0 Å². The van der Waals surface area contributed by atoms with Crippen molar-refractivity contribution >= 4 is 5.78 Å². The van der Waals surface area contributed by atoms with E-state index in [1.807, 2.05) is 0 Å². The van der Waals surface area contributed by atoms with Gasteiger partial charge in [-0.15, -0.1) is 0 Å². The summed E-state index contributed by atoms with van der Waals surface area (Å²) in [5.74, 6) is 0.981. The quantitative estimate of drug-likeness (QED) is 0.537. The molecule has 54 valence electrons. The van der Waals surface area contributed by atoms with Gasteiger partial charge < -0.3 is 0 Å². The van der Waals surface area contributed by atoms with Crippen molar-refractivity contribution in [1.82, 2.24) is 0 Å². The molecule has 3 saturated carbocycles. The highest BCUT2D eigenvalue weighted by atomic mass is 16.1. The fraction of sp³-hybridized carbons (Fsp3) is 0.889. The van der Waals surface area contributed by atoms with E-state index < -0.39 is 0 Å². The second-order valence-corrected chi connectivity index (χ2v) is 4.36. The molecule has 1 nitrogen and oxygen atoms in total. The van der Waals surface area contributed by atoms with Gasteiger partial charge in [-0.25, -0.2) is 0 Å². The maximum absolute atomic E-state index is 11.1. The molecule has 0 aliphatic heterocycles. The van der Waals surface area contributed by atoms with Crippen molar-refractivity contribution in [3.05, 3.63) is 0 Å². The number of hydrogen-bond acceptors (Lipinski definition) is 1. The van der Waals surface area contributed by atoms with E-state index in [1.165, 1.54) is 25.7 Å². The highest BCUT2D eigenvalue weighted by Crippen LogP contribution is 2.92. The summed E-state index contributed by atoms with van der Waals surface area (Å²) in [7, 11) is 0. The van der Waals surface area contributed by atoms with Crippen LogP contribution in [0.15, 0.2) is 0 Å². The van der Waals surface area contributed by atoms with Crippen molar-refractivity contribution in [3.63, 3.8) is 0 Å². The van der Waals surface area contributed by atoms with Gasteiger partial charge in [0.05, 0.1) is 0 Å². The average molecular weight is 136 g/mol. The number of carbonyl (C=O) groups is 1. The summed E-state index contributed by atoms with van der Waals surface area (Å²) < 4.78 is 0. The van der Waals surface area contributed by atoms with Crippen LogP contribution in [0.3, 0.4) is 0 Å². The number of Topliss-reactive ketones (excluding diaryl/α,β-unsaturated/α-hetero) is 1. The van der Waals surface area contributed by atoms with Gasteiger partial charge in [-0.3, -0.25) is 4.79 Å². The van der Waals surface area contributed by atoms with E-state index >= 15 is 0 Å². The number of hydrogen-bond donors (Lipinski definition) is 0.